The molecule has 3 nitrogen and oxygen atoms in total. The molecule has 0 radical (unpaired) electrons. The second kappa shape index (κ2) is 7.64. The van der Waals surface area contributed by atoms with Crippen molar-refractivity contribution in [2.75, 3.05) is 13.2 Å². The molecule has 0 fully saturated rings. The van der Waals surface area contributed by atoms with Gasteiger partial charge in [-0.15, -0.1) is 0 Å². The van der Waals surface area contributed by atoms with Gasteiger partial charge in [-0.05, 0) is 36.4 Å². The molecule has 0 saturated carbocycles. The second-order valence-electron chi connectivity index (χ2n) is 4.16. The third-order valence-electron chi connectivity index (χ3n) is 2.62. The topological polar surface area (TPSA) is 44.5 Å². The fraction of sp³-hybridized carbons (Fsp3) is 0.133. The molecule has 2 aromatic carbocycles. The van der Waals surface area contributed by atoms with E-state index in [1.807, 2.05) is 24.3 Å². The lowest BCUT2D eigenvalue weighted by Gasteiger charge is -2.10. The molecule has 0 aromatic heterocycles. The number of hydrogen-bond donors (Lipinski definition) is 1. The Kier molecular flexibility index (Phi) is 5.85. The number of ether oxygens (including phenoxy) is 2. The van der Waals surface area contributed by atoms with Gasteiger partial charge in [-0.1, -0.05) is 45.8 Å². The zero-order valence-electron chi connectivity index (χ0n) is 11.0. The van der Waals surface area contributed by atoms with Crippen molar-refractivity contribution in [3.05, 3.63) is 57.5 Å². The van der Waals surface area contributed by atoms with Crippen LogP contribution in [0.1, 0.15) is 5.56 Å². The smallest absolute Gasteiger partial charge is 0.122 e. The zero-order valence-corrected chi connectivity index (χ0v) is 14.2. The summed E-state index contributed by atoms with van der Waals surface area (Å²) in [6.45, 7) is 0.848. The molecule has 0 aliphatic rings. The Bertz CT molecular complexity index is 651. The molecule has 2 rings (SSSR count). The predicted octanol–water partition coefficient (Wildman–Crippen LogP) is 4.19. The predicted molar refractivity (Wildman–Crippen MR) is 92.5 cm³/mol. The minimum atomic E-state index is 0.268. The lowest BCUT2D eigenvalue weighted by molar-refractivity contribution is 0.217. The van der Waals surface area contributed by atoms with E-state index >= 15 is 0 Å². The molecule has 0 saturated heterocycles. The first-order valence-corrected chi connectivity index (χ1v) is 7.74. The molecule has 21 heavy (non-hydrogen) atoms. The van der Waals surface area contributed by atoms with E-state index < -0.39 is 0 Å². The summed E-state index contributed by atoms with van der Waals surface area (Å²) in [6.07, 6.45) is 0. The van der Waals surface area contributed by atoms with Gasteiger partial charge in [0.1, 0.15) is 29.7 Å². The van der Waals surface area contributed by atoms with Gasteiger partial charge in [0.2, 0.25) is 0 Å². The Morgan fingerprint density at radius 1 is 1.10 bits per heavy atom. The van der Waals surface area contributed by atoms with Crippen molar-refractivity contribution >= 4 is 44.7 Å². The lowest BCUT2D eigenvalue weighted by atomic mass is 10.2. The first-order valence-electron chi connectivity index (χ1n) is 6.17. The molecule has 0 heterocycles. The molecule has 0 bridgehead atoms. The summed E-state index contributed by atoms with van der Waals surface area (Å²) >= 11 is 14.3. The SMILES string of the molecule is NC(=S)c1ccc(OCCOc2cccc(Br)c2)cc1Cl. The van der Waals surface area contributed by atoms with E-state index in [2.05, 4.69) is 15.9 Å². The monoisotopic (exact) mass is 385 g/mol. The van der Waals surface area contributed by atoms with Crippen LogP contribution < -0.4 is 15.2 Å². The van der Waals surface area contributed by atoms with E-state index in [0.29, 0.717) is 29.5 Å². The number of benzene rings is 2. The van der Waals surface area contributed by atoms with Crippen molar-refractivity contribution < 1.29 is 9.47 Å². The van der Waals surface area contributed by atoms with Gasteiger partial charge < -0.3 is 15.2 Å². The molecule has 0 aliphatic heterocycles. The van der Waals surface area contributed by atoms with Crippen LogP contribution in [0.5, 0.6) is 11.5 Å². The van der Waals surface area contributed by atoms with Crippen LogP contribution in [-0.4, -0.2) is 18.2 Å². The fourth-order valence-electron chi connectivity index (χ4n) is 1.66. The van der Waals surface area contributed by atoms with Gasteiger partial charge in [0.15, 0.2) is 0 Å². The molecule has 0 atom stereocenters. The fourth-order valence-corrected chi connectivity index (χ4v) is 2.55. The van der Waals surface area contributed by atoms with Gasteiger partial charge in [-0.3, -0.25) is 0 Å². The van der Waals surface area contributed by atoms with Crippen LogP contribution in [0.15, 0.2) is 46.9 Å². The van der Waals surface area contributed by atoms with Crippen LogP contribution in [-0.2, 0) is 0 Å². The standard InChI is InChI=1S/C15H13BrClNO2S/c16-10-2-1-3-11(8-10)19-6-7-20-12-4-5-13(15(18)21)14(17)9-12/h1-5,8-9H,6-7H2,(H2,18,21). The van der Waals surface area contributed by atoms with Crippen LogP contribution >= 0.6 is 39.7 Å². The molecular weight excluding hydrogens is 374 g/mol. The maximum absolute atomic E-state index is 6.07. The molecule has 0 aliphatic carbocycles. The van der Waals surface area contributed by atoms with Crippen LogP contribution in [0.25, 0.3) is 0 Å². The summed E-state index contributed by atoms with van der Waals surface area (Å²) in [5.41, 5.74) is 6.19. The highest BCUT2D eigenvalue weighted by Crippen LogP contribution is 2.22. The van der Waals surface area contributed by atoms with Crippen molar-refractivity contribution in [3.63, 3.8) is 0 Å². The Morgan fingerprint density at radius 2 is 1.76 bits per heavy atom. The van der Waals surface area contributed by atoms with Crippen molar-refractivity contribution in [3.8, 4) is 11.5 Å². The average molecular weight is 387 g/mol. The van der Waals surface area contributed by atoms with Gasteiger partial charge >= 0.3 is 0 Å². The molecule has 6 heteroatoms. The summed E-state index contributed by atoms with van der Waals surface area (Å²) in [6, 6.07) is 12.8. The highest BCUT2D eigenvalue weighted by molar-refractivity contribution is 9.10. The summed E-state index contributed by atoms with van der Waals surface area (Å²) in [5.74, 6) is 1.44. The largest absolute Gasteiger partial charge is 0.490 e. The van der Waals surface area contributed by atoms with Crippen molar-refractivity contribution in [1.82, 2.24) is 0 Å². The summed E-state index contributed by atoms with van der Waals surface area (Å²) in [7, 11) is 0. The molecule has 0 spiro atoms. The van der Waals surface area contributed by atoms with Crippen LogP contribution in [0.4, 0.5) is 0 Å². The molecular formula is C15H13BrClNO2S. The van der Waals surface area contributed by atoms with E-state index in [1.165, 1.54) is 0 Å². The average Bonchev–Trinajstić information content (AvgIpc) is 2.43. The van der Waals surface area contributed by atoms with E-state index in [-0.39, 0.29) is 4.99 Å². The number of nitrogens with two attached hydrogens (primary N) is 1. The van der Waals surface area contributed by atoms with Crippen molar-refractivity contribution in [2.24, 2.45) is 5.73 Å². The van der Waals surface area contributed by atoms with Crippen molar-refractivity contribution in [1.29, 1.82) is 0 Å². The molecule has 110 valence electrons. The van der Waals surface area contributed by atoms with E-state index in [1.54, 1.807) is 18.2 Å². The van der Waals surface area contributed by atoms with Gasteiger partial charge in [0, 0.05) is 10.0 Å². The maximum atomic E-state index is 6.07. The van der Waals surface area contributed by atoms with Gasteiger partial charge in [0.25, 0.3) is 0 Å². The van der Waals surface area contributed by atoms with Gasteiger partial charge in [-0.25, -0.2) is 0 Å². The van der Waals surface area contributed by atoms with Gasteiger partial charge in [0.05, 0.1) is 5.02 Å². The van der Waals surface area contributed by atoms with E-state index in [4.69, 9.17) is 39.0 Å². The quantitative estimate of drug-likeness (QED) is 0.597. The third kappa shape index (κ3) is 4.88. The molecule has 2 aromatic rings. The van der Waals surface area contributed by atoms with E-state index in [9.17, 15) is 0 Å². The van der Waals surface area contributed by atoms with Crippen LogP contribution in [0.2, 0.25) is 5.02 Å². The third-order valence-corrected chi connectivity index (χ3v) is 3.65. The molecule has 0 amide bonds. The van der Waals surface area contributed by atoms with Crippen molar-refractivity contribution in [2.45, 2.75) is 0 Å². The summed E-state index contributed by atoms with van der Waals surface area (Å²) in [5, 5.41) is 0.480. The van der Waals surface area contributed by atoms with Crippen LogP contribution in [0.3, 0.4) is 0 Å². The Morgan fingerprint density at radius 3 is 2.33 bits per heavy atom. The Balaban J connectivity index is 1.84. The number of thiocarbonyl (C=S) groups is 1. The minimum Gasteiger partial charge on any atom is -0.490 e. The Hall–Kier alpha value is -1.30. The highest BCUT2D eigenvalue weighted by atomic mass is 79.9. The number of halogens is 2. The molecule has 2 N–H and O–H groups in total. The highest BCUT2D eigenvalue weighted by Gasteiger charge is 2.05. The maximum Gasteiger partial charge on any atom is 0.122 e. The van der Waals surface area contributed by atoms with Crippen LogP contribution in [0, 0.1) is 0 Å². The first kappa shape index (κ1) is 16.1. The number of hydrogen-bond acceptors (Lipinski definition) is 3. The zero-order chi connectivity index (χ0) is 15.2. The van der Waals surface area contributed by atoms with E-state index in [0.717, 1.165) is 10.2 Å². The number of rotatable bonds is 6. The molecule has 0 unspecified atom stereocenters. The Labute approximate surface area is 142 Å². The normalized spacial score (nSPS) is 10.2. The summed E-state index contributed by atoms with van der Waals surface area (Å²) in [4.78, 5) is 0.268. The minimum absolute atomic E-state index is 0.268. The summed E-state index contributed by atoms with van der Waals surface area (Å²) < 4.78 is 12.1. The van der Waals surface area contributed by atoms with Gasteiger partial charge in [-0.2, -0.15) is 0 Å². The second-order valence-corrected chi connectivity index (χ2v) is 5.92. The lowest BCUT2D eigenvalue weighted by Crippen LogP contribution is -2.11. The first-order chi connectivity index (χ1) is 10.1.